The van der Waals surface area contributed by atoms with Gasteiger partial charge < -0.3 is 11.1 Å². The van der Waals surface area contributed by atoms with Crippen LogP contribution in [0.1, 0.15) is 32.8 Å². The molecule has 168 valence electrons. The standard InChI is InChI=1S/C20H25ClN4O4S2/c1-12(2)8-17(22)20(28)25-31(29,19-10-15(21)11-30-19)24-18(27)9-14-4-6-16(7-5-14)23-13(3)26/h4-7,10-12,17H,8-9,22H2,1-3H3,(H,23,26)(H,24,25,27,28,29). The molecule has 0 aliphatic heterocycles. The van der Waals surface area contributed by atoms with Crippen LogP contribution in [0.5, 0.6) is 0 Å². The van der Waals surface area contributed by atoms with Gasteiger partial charge in [-0.05, 0) is 36.1 Å². The van der Waals surface area contributed by atoms with Crippen LogP contribution < -0.4 is 15.8 Å². The molecule has 1 heterocycles. The summed E-state index contributed by atoms with van der Waals surface area (Å²) >= 11 is 6.97. The molecular formula is C20H25ClN4O4S2. The summed E-state index contributed by atoms with van der Waals surface area (Å²) in [5.74, 6) is -1.39. The number of hydrogen-bond donors (Lipinski definition) is 3. The van der Waals surface area contributed by atoms with Gasteiger partial charge in [0.05, 0.1) is 17.5 Å². The second-order valence-electron chi connectivity index (χ2n) is 7.36. The Morgan fingerprint density at radius 3 is 2.39 bits per heavy atom. The van der Waals surface area contributed by atoms with Crippen molar-refractivity contribution < 1.29 is 18.6 Å². The molecule has 0 fully saturated rings. The molecule has 0 spiro atoms. The first-order valence-corrected chi connectivity index (χ1v) is 12.2. The molecule has 2 unspecified atom stereocenters. The Kier molecular flexibility index (Phi) is 8.75. The van der Waals surface area contributed by atoms with E-state index in [-0.39, 0.29) is 22.5 Å². The molecule has 0 radical (unpaired) electrons. The summed E-state index contributed by atoms with van der Waals surface area (Å²) in [4.78, 5) is 36.2. The molecule has 11 heteroatoms. The van der Waals surface area contributed by atoms with Gasteiger partial charge >= 0.3 is 0 Å². The highest BCUT2D eigenvalue weighted by Crippen LogP contribution is 2.25. The van der Waals surface area contributed by atoms with E-state index >= 15 is 0 Å². The van der Waals surface area contributed by atoms with Crippen molar-refractivity contribution in [3.63, 3.8) is 0 Å². The number of nitrogens with two attached hydrogens (primary N) is 1. The quantitative estimate of drug-likeness (QED) is 0.528. The van der Waals surface area contributed by atoms with Gasteiger partial charge in [-0.25, -0.2) is 4.21 Å². The molecule has 0 saturated heterocycles. The number of benzene rings is 1. The molecule has 31 heavy (non-hydrogen) atoms. The number of hydrogen-bond acceptors (Lipinski definition) is 6. The van der Waals surface area contributed by atoms with Crippen molar-refractivity contribution in [2.75, 3.05) is 5.32 Å². The van der Waals surface area contributed by atoms with Gasteiger partial charge in [0.1, 0.15) is 4.21 Å². The van der Waals surface area contributed by atoms with Crippen LogP contribution in [0.15, 0.2) is 44.3 Å². The van der Waals surface area contributed by atoms with Crippen molar-refractivity contribution in [2.45, 2.75) is 43.9 Å². The van der Waals surface area contributed by atoms with Gasteiger partial charge in [0.2, 0.25) is 11.8 Å². The number of anilines is 1. The fraction of sp³-hybridized carbons (Fsp3) is 0.350. The number of carbonyl (C=O) groups is 3. The smallest absolute Gasteiger partial charge is 0.272 e. The zero-order valence-electron chi connectivity index (χ0n) is 17.4. The Morgan fingerprint density at radius 2 is 1.87 bits per heavy atom. The van der Waals surface area contributed by atoms with Gasteiger partial charge in [0.25, 0.3) is 5.91 Å². The third kappa shape index (κ3) is 7.73. The summed E-state index contributed by atoms with van der Waals surface area (Å²) in [6.07, 6.45) is 0.274. The minimum absolute atomic E-state index is 0.0990. The van der Waals surface area contributed by atoms with E-state index in [0.717, 1.165) is 11.3 Å². The Morgan fingerprint density at radius 1 is 1.23 bits per heavy atom. The van der Waals surface area contributed by atoms with E-state index in [4.69, 9.17) is 17.3 Å². The first-order valence-electron chi connectivity index (χ1n) is 9.46. The third-order valence-corrected chi connectivity index (χ3v) is 7.61. The van der Waals surface area contributed by atoms with Gasteiger partial charge in [-0.1, -0.05) is 37.6 Å². The largest absolute Gasteiger partial charge is 0.326 e. The first-order chi connectivity index (χ1) is 14.5. The zero-order valence-corrected chi connectivity index (χ0v) is 19.8. The molecule has 1 aromatic heterocycles. The van der Waals surface area contributed by atoms with E-state index in [2.05, 4.69) is 14.4 Å². The van der Waals surface area contributed by atoms with Gasteiger partial charge in [-0.3, -0.25) is 19.1 Å². The molecule has 0 aliphatic carbocycles. The first kappa shape index (κ1) is 25.0. The lowest BCUT2D eigenvalue weighted by Crippen LogP contribution is -2.35. The average Bonchev–Trinajstić information content (AvgIpc) is 3.09. The van der Waals surface area contributed by atoms with Gasteiger partial charge in [-0.2, -0.15) is 0 Å². The molecule has 2 rings (SSSR count). The minimum Gasteiger partial charge on any atom is -0.326 e. The van der Waals surface area contributed by atoms with Crippen molar-refractivity contribution in [1.29, 1.82) is 0 Å². The van der Waals surface area contributed by atoms with Crippen molar-refractivity contribution in [3.05, 3.63) is 46.3 Å². The average molecular weight is 485 g/mol. The second kappa shape index (κ2) is 10.9. The summed E-state index contributed by atoms with van der Waals surface area (Å²) in [6.45, 7) is 5.21. The molecule has 1 aromatic carbocycles. The number of halogens is 1. The summed E-state index contributed by atoms with van der Waals surface area (Å²) < 4.78 is 19.9. The maximum Gasteiger partial charge on any atom is 0.272 e. The molecule has 2 atom stereocenters. The second-order valence-corrected chi connectivity index (χ2v) is 10.8. The highest BCUT2D eigenvalue weighted by atomic mass is 35.5. The highest BCUT2D eigenvalue weighted by molar-refractivity contribution is 7.94. The predicted octanol–water partition coefficient (Wildman–Crippen LogP) is 3.36. The lowest BCUT2D eigenvalue weighted by molar-refractivity contribution is -0.119. The van der Waals surface area contributed by atoms with Crippen molar-refractivity contribution >= 4 is 56.3 Å². The lowest BCUT2D eigenvalue weighted by atomic mass is 10.0. The van der Waals surface area contributed by atoms with Crippen LogP contribution in [-0.4, -0.2) is 28.0 Å². The Bertz CT molecular complexity index is 1070. The van der Waals surface area contributed by atoms with Crippen LogP contribution in [0.3, 0.4) is 0 Å². The van der Waals surface area contributed by atoms with Crippen LogP contribution >= 0.6 is 22.9 Å². The normalized spacial score (nSPS) is 13.9. The topological polar surface area (TPSA) is 131 Å². The Balaban J connectivity index is 2.24. The van der Waals surface area contributed by atoms with Crippen LogP contribution in [-0.2, 0) is 30.7 Å². The number of thiophene rings is 1. The molecule has 3 amide bonds. The lowest BCUT2D eigenvalue weighted by Gasteiger charge is -2.13. The molecule has 0 bridgehead atoms. The predicted molar refractivity (Wildman–Crippen MR) is 123 cm³/mol. The molecule has 8 nitrogen and oxygen atoms in total. The Hall–Kier alpha value is -2.27. The molecular weight excluding hydrogens is 460 g/mol. The van der Waals surface area contributed by atoms with Crippen molar-refractivity contribution in [2.24, 2.45) is 16.0 Å². The van der Waals surface area contributed by atoms with Crippen LogP contribution in [0.4, 0.5) is 5.69 Å². The number of carbonyl (C=O) groups excluding carboxylic acids is 3. The van der Waals surface area contributed by atoms with Crippen LogP contribution in [0.25, 0.3) is 0 Å². The minimum atomic E-state index is -3.60. The SMILES string of the molecule is CC(=O)Nc1ccc(CC(=O)NS(=O)(=NC(=O)C(N)CC(C)C)c2cc(Cl)cs2)cc1. The van der Waals surface area contributed by atoms with Gasteiger partial charge in [0, 0.05) is 18.0 Å². The number of rotatable bonds is 8. The molecule has 0 aliphatic rings. The van der Waals surface area contributed by atoms with E-state index < -0.39 is 27.8 Å². The van der Waals surface area contributed by atoms with E-state index in [0.29, 0.717) is 22.7 Å². The van der Waals surface area contributed by atoms with Gasteiger partial charge in [0.15, 0.2) is 9.92 Å². The van der Waals surface area contributed by atoms with E-state index in [1.807, 2.05) is 13.8 Å². The van der Waals surface area contributed by atoms with Gasteiger partial charge in [-0.15, -0.1) is 15.7 Å². The Labute approximate surface area is 190 Å². The summed E-state index contributed by atoms with van der Waals surface area (Å²) in [6, 6.07) is 7.11. The maximum absolute atomic E-state index is 13.5. The monoisotopic (exact) mass is 484 g/mol. The van der Waals surface area contributed by atoms with Crippen LogP contribution in [0, 0.1) is 5.92 Å². The number of nitrogens with zero attached hydrogens (tertiary/aromatic N) is 1. The number of amides is 3. The summed E-state index contributed by atoms with van der Waals surface area (Å²) in [5, 5.41) is 4.49. The maximum atomic E-state index is 13.5. The summed E-state index contributed by atoms with van der Waals surface area (Å²) in [7, 11) is -3.60. The van der Waals surface area contributed by atoms with Crippen molar-refractivity contribution in [3.8, 4) is 0 Å². The van der Waals surface area contributed by atoms with E-state index in [1.54, 1.807) is 24.3 Å². The zero-order chi connectivity index (χ0) is 23.2. The molecule has 2 aromatic rings. The van der Waals surface area contributed by atoms with E-state index in [9.17, 15) is 18.6 Å². The fourth-order valence-electron chi connectivity index (χ4n) is 2.65. The van der Waals surface area contributed by atoms with Crippen LogP contribution in [0.2, 0.25) is 5.02 Å². The van der Waals surface area contributed by atoms with Crippen molar-refractivity contribution in [1.82, 2.24) is 4.72 Å². The highest BCUT2D eigenvalue weighted by Gasteiger charge is 2.23. The fourth-order valence-corrected chi connectivity index (χ4v) is 5.71. The number of nitrogens with one attached hydrogen (secondary N) is 2. The van der Waals surface area contributed by atoms with E-state index in [1.165, 1.54) is 18.4 Å². The molecule has 4 N–H and O–H groups in total. The molecule has 0 saturated carbocycles. The third-order valence-electron chi connectivity index (χ3n) is 3.97. The summed E-state index contributed by atoms with van der Waals surface area (Å²) in [5.41, 5.74) is 7.09.